The van der Waals surface area contributed by atoms with E-state index in [9.17, 15) is 14.0 Å². The van der Waals surface area contributed by atoms with Gasteiger partial charge in [0.2, 0.25) is 0 Å². The normalized spacial score (nSPS) is 11.4. The van der Waals surface area contributed by atoms with Gasteiger partial charge in [-0.25, -0.2) is 9.18 Å². The van der Waals surface area contributed by atoms with E-state index in [2.05, 4.69) is 5.32 Å². The maximum absolute atomic E-state index is 12.7. The van der Waals surface area contributed by atoms with Crippen LogP contribution in [0, 0.1) is 5.82 Å². The molecule has 0 fully saturated rings. The monoisotopic (exact) mass is 279 g/mol. The van der Waals surface area contributed by atoms with Crippen molar-refractivity contribution in [2.45, 2.75) is 26.3 Å². The van der Waals surface area contributed by atoms with Gasteiger partial charge in [-0.05, 0) is 44.5 Å². The van der Waals surface area contributed by atoms with Gasteiger partial charge in [0.05, 0.1) is 0 Å². The molecule has 1 aromatic carbocycles. The van der Waals surface area contributed by atoms with E-state index >= 15 is 0 Å². The highest BCUT2D eigenvalue weighted by molar-refractivity contribution is 5.89. The zero-order valence-electron chi connectivity index (χ0n) is 11.8. The van der Waals surface area contributed by atoms with Gasteiger partial charge in [-0.2, -0.15) is 0 Å². The van der Waals surface area contributed by atoms with Crippen molar-refractivity contribution >= 4 is 18.0 Å². The lowest BCUT2D eigenvalue weighted by Crippen LogP contribution is -2.42. The molecule has 0 spiro atoms. The van der Waals surface area contributed by atoms with Crippen LogP contribution in [0.4, 0.5) is 4.39 Å². The third kappa shape index (κ3) is 6.68. The maximum atomic E-state index is 12.7. The van der Waals surface area contributed by atoms with E-state index in [1.54, 1.807) is 0 Å². The molecule has 0 radical (unpaired) electrons. The van der Waals surface area contributed by atoms with E-state index in [1.165, 1.54) is 36.4 Å². The van der Waals surface area contributed by atoms with Crippen molar-refractivity contribution in [2.24, 2.45) is 0 Å². The summed E-state index contributed by atoms with van der Waals surface area (Å²) in [4.78, 5) is 22.8. The predicted octanol–water partition coefficient (Wildman–Crippen LogP) is 2.30. The van der Waals surface area contributed by atoms with Crippen LogP contribution in [0.1, 0.15) is 26.3 Å². The third-order valence-electron chi connectivity index (χ3n) is 2.14. The topological polar surface area (TPSA) is 55.4 Å². The fraction of sp³-hybridized carbons (Fsp3) is 0.333. The van der Waals surface area contributed by atoms with Crippen LogP contribution in [0.15, 0.2) is 30.3 Å². The minimum absolute atomic E-state index is 0.330. The Morgan fingerprint density at radius 2 is 1.85 bits per heavy atom. The molecule has 0 saturated heterocycles. The van der Waals surface area contributed by atoms with Gasteiger partial charge in [0.25, 0.3) is 5.91 Å². The molecule has 108 valence electrons. The SMILES string of the molecule is CC(C)(C)NC(=O)COC(=O)C=Cc1ccc(F)cc1. The molecule has 20 heavy (non-hydrogen) atoms. The van der Waals surface area contributed by atoms with Gasteiger partial charge < -0.3 is 10.1 Å². The summed E-state index contributed by atoms with van der Waals surface area (Å²) in [7, 11) is 0. The van der Waals surface area contributed by atoms with Crippen LogP contribution in [-0.2, 0) is 14.3 Å². The number of hydrogen-bond donors (Lipinski definition) is 1. The molecule has 1 amide bonds. The number of rotatable bonds is 4. The fourth-order valence-corrected chi connectivity index (χ4v) is 1.38. The standard InChI is InChI=1S/C15H18FNO3/c1-15(2,3)17-13(18)10-20-14(19)9-6-11-4-7-12(16)8-5-11/h4-9H,10H2,1-3H3,(H,17,18). The van der Waals surface area contributed by atoms with Crippen molar-refractivity contribution in [3.8, 4) is 0 Å². The van der Waals surface area contributed by atoms with Crippen molar-refractivity contribution < 1.29 is 18.7 Å². The summed E-state index contributed by atoms with van der Waals surface area (Å²) >= 11 is 0. The summed E-state index contributed by atoms with van der Waals surface area (Å²) in [6.07, 6.45) is 2.68. The number of esters is 1. The Labute approximate surface area is 117 Å². The molecular weight excluding hydrogens is 261 g/mol. The highest BCUT2D eigenvalue weighted by atomic mass is 19.1. The maximum Gasteiger partial charge on any atom is 0.331 e. The summed E-state index contributed by atoms with van der Waals surface area (Å²) < 4.78 is 17.5. The number of ether oxygens (including phenoxy) is 1. The van der Waals surface area contributed by atoms with Crippen LogP contribution in [0.3, 0.4) is 0 Å². The molecule has 0 atom stereocenters. The number of hydrogen-bond acceptors (Lipinski definition) is 3. The van der Waals surface area contributed by atoms with Gasteiger partial charge in [-0.15, -0.1) is 0 Å². The number of carbonyl (C=O) groups is 2. The van der Waals surface area contributed by atoms with Crippen molar-refractivity contribution in [1.82, 2.24) is 5.32 Å². The van der Waals surface area contributed by atoms with E-state index in [4.69, 9.17) is 4.74 Å². The first-order chi connectivity index (χ1) is 9.26. The first kappa shape index (κ1) is 15.9. The van der Waals surface area contributed by atoms with Crippen LogP contribution in [0.2, 0.25) is 0 Å². The second-order valence-corrected chi connectivity index (χ2v) is 5.29. The zero-order valence-corrected chi connectivity index (χ0v) is 11.8. The minimum Gasteiger partial charge on any atom is -0.452 e. The second kappa shape index (κ2) is 6.84. The Morgan fingerprint density at radius 3 is 2.40 bits per heavy atom. The van der Waals surface area contributed by atoms with E-state index in [-0.39, 0.29) is 23.9 Å². The first-order valence-corrected chi connectivity index (χ1v) is 6.18. The van der Waals surface area contributed by atoms with E-state index in [0.717, 1.165) is 0 Å². The Morgan fingerprint density at radius 1 is 1.25 bits per heavy atom. The summed E-state index contributed by atoms with van der Waals surface area (Å²) in [5.74, 6) is -1.33. The molecule has 5 heteroatoms. The Kier molecular flexibility index (Phi) is 5.43. The number of halogens is 1. The molecule has 0 unspecified atom stereocenters. The van der Waals surface area contributed by atoms with Crippen LogP contribution in [-0.4, -0.2) is 24.0 Å². The first-order valence-electron chi connectivity index (χ1n) is 6.18. The Bertz CT molecular complexity index is 501. The average molecular weight is 279 g/mol. The van der Waals surface area contributed by atoms with Crippen LogP contribution in [0.5, 0.6) is 0 Å². The van der Waals surface area contributed by atoms with E-state index in [1.807, 2.05) is 20.8 Å². The molecule has 0 aliphatic rings. The molecule has 0 aliphatic carbocycles. The molecule has 4 nitrogen and oxygen atoms in total. The van der Waals surface area contributed by atoms with Crippen molar-refractivity contribution in [3.05, 3.63) is 41.7 Å². The largest absolute Gasteiger partial charge is 0.452 e. The van der Waals surface area contributed by atoms with Crippen LogP contribution in [0.25, 0.3) is 6.08 Å². The molecular formula is C15H18FNO3. The molecule has 0 aromatic heterocycles. The van der Waals surface area contributed by atoms with E-state index < -0.39 is 5.97 Å². The van der Waals surface area contributed by atoms with Crippen LogP contribution >= 0.6 is 0 Å². The molecule has 0 saturated carbocycles. The van der Waals surface area contributed by atoms with Gasteiger partial charge in [-0.3, -0.25) is 4.79 Å². The lowest BCUT2D eigenvalue weighted by atomic mass is 10.1. The van der Waals surface area contributed by atoms with Crippen molar-refractivity contribution in [3.63, 3.8) is 0 Å². The third-order valence-corrected chi connectivity index (χ3v) is 2.14. The average Bonchev–Trinajstić information content (AvgIpc) is 2.33. The summed E-state index contributed by atoms with van der Waals surface area (Å²) in [5, 5.41) is 2.67. The van der Waals surface area contributed by atoms with Gasteiger partial charge >= 0.3 is 5.97 Å². The van der Waals surface area contributed by atoms with Gasteiger partial charge in [-0.1, -0.05) is 12.1 Å². The zero-order chi connectivity index (χ0) is 15.2. The molecule has 0 aliphatic heterocycles. The number of benzene rings is 1. The van der Waals surface area contributed by atoms with Gasteiger partial charge in [0, 0.05) is 11.6 Å². The highest BCUT2D eigenvalue weighted by Gasteiger charge is 2.14. The lowest BCUT2D eigenvalue weighted by Gasteiger charge is -2.20. The molecule has 1 rings (SSSR count). The van der Waals surface area contributed by atoms with Gasteiger partial charge in [0.15, 0.2) is 6.61 Å². The second-order valence-electron chi connectivity index (χ2n) is 5.29. The predicted molar refractivity (Wildman–Crippen MR) is 74.3 cm³/mol. The molecule has 1 N–H and O–H groups in total. The number of carbonyl (C=O) groups excluding carboxylic acids is 2. The molecule has 0 heterocycles. The van der Waals surface area contributed by atoms with Gasteiger partial charge in [0.1, 0.15) is 5.82 Å². The summed E-state index contributed by atoms with van der Waals surface area (Å²) in [5.41, 5.74) is 0.301. The smallest absolute Gasteiger partial charge is 0.331 e. The summed E-state index contributed by atoms with van der Waals surface area (Å²) in [6.45, 7) is 5.17. The van der Waals surface area contributed by atoms with Crippen molar-refractivity contribution in [1.29, 1.82) is 0 Å². The molecule has 1 aromatic rings. The van der Waals surface area contributed by atoms with E-state index in [0.29, 0.717) is 5.56 Å². The fourth-order valence-electron chi connectivity index (χ4n) is 1.38. The summed E-state index contributed by atoms with van der Waals surface area (Å²) in [6, 6.07) is 5.65. The minimum atomic E-state index is -0.626. The lowest BCUT2D eigenvalue weighted by molar-refractivity contribution is -0.144. The number of nitrogens with one attached hydrogen (secondary N) is 1. The van der Waals surface area contributed by atoms with Crippen LogP contribution < -0.4 is 5.32 Å². The molecule has 0 bridgehead atoms. The number of amides is 1. The Balaban J connectivity index is 2.40. The quantitative estimate of drug-likeness (QED) is 0.679. The van der Waals surface area contributed by atoms with Crippen molar-refractivity contribution in [2.75, 3.05) is 6.61 Å². The Hall–Kier alpha value is -2.17. The highest BCUT2D eigenvalue weighted by Crippen LogP contribution is 2.04.